The van der Waals surface area contributed by atoms with E-state index < -0.39 is 6.10 Å². The maximum Gasteiger partial charge on any atom is 0.410 e. The topological polar surface area (TPSA) is 49.8 Å². The lowest BCUT2D eigenvalue weighted by Crippen LogP contribution is -2.40. The monoisotopic (exact) mass is 169 g/mol. The van der Waals surface area contributed by atoms with Crippen molar-refractivity contribution in [2.75, 3.05) is 13.2 Å². The molecule has 1 N–H and O–H groups in total. The molecule has 4 nitrogen and oxygen atoms in total. The minimum absolute atomic E-state index is 0.170. The molecule has 1 amide bonds. The molecular formula is C8H11NO3. The van der Waals surface area contributed by atoms with Crippen LogP contribution in [0.5, 0.6) is 0 Å². The molecule has 0 aliphatic carbocycles. The number of hydrogen-bond donors (Lipinski definition) is 1. The number of carbonyl (C=O) groups excluding carboxylic acids is 1. The van der Waals surface area contributed by atoms with Gasteiger partial charge in [-0.25, -0.2) is 4.79 Å². The van der Waals surface area contributed by atoms with Crippen molar-refractivity contribution in [2.24, 2.45) is 0 Å². The van der Waals surface area contributed by atoms with Crippen molar-refractivity contribution in [3.05, 3.63) is 12.2 Å². The van der Waals surface area contributed by atoms with E-state index >= 15 is 0 Å². The van der Waals surface area contributed by atoms with Crippen LogP contribution in [0.1, 0.15) is 6.42 Å². The van der Waals surface area contributed by atoms with Crippen LogP contribution in [0.4, 0.5) is 4.79 Å². The fourth-order valence-corrected chi connectivity index (χ4v) is 1.58. The standard InChI is InChI=1S/C8H11NO3/c10-7-3-1-2-4-9-6(7)5-12-8(9)11/h1,3,6-7,10H,2,4-5H2/t6-,7+/m0/s1. The van der Waals surface area contributed by atoms with Crippen LogP contribution in [0.15, 0.2) is 12.2 Å². The highest BCUT2D eigenvalue weighted by Gasteiger charge is 2.37. The second kappa shape index (κ2) is 2.79. The highest BCUT2D eigenvalue weighted by atomic mass is 16.6. The van der Waals surface area contributed by atoms with E-state index in [1.807, 2.05) is 6.08 Å². The van der Waals surface area contributed by atoms with Gasteiger partial charge in [-0.1, -0.05) is 12.2 Å². The van der Waals surface area contributed by atoms with Crippen LogP contribution in [0.25, 0.3) is 0 Å². The van der Waals surface area contributed by atoms with Crippen molar-refractivity contribution in [3.8, 4) is 0 Å². The first-order valence-electron chi connectivity index (χ1n) is 4.07. The van der Waals surface area contributed by atoms with E-state index in [-0.39, 0.29) is 12.1 Å². The summed E-state index contributed by atoms with van der Waals surface area (Å²) >= 11 is 0. The summed E-state index contributed by atoms with van der Waals surface area (Å²) in [6.07, 6.45) is 3.55. The molecule has 66 valence electrons. The molecule has 2 heterocycles. The molecule has 2 rings (SSSR count). The summed E-state index contributed by atoms with van der Waals surface area (Å²) in [5.41, 5.74) is 0. The number of cyclic esters (lactones) is 1. The Morgan fingerprint density at radius 2 is 2.50 bits per heavy atom. The number of nitrogens with zero attached hydrogens (tertiary/aromatic N) is 1. The van der Waals surface area contributed by atoms with Crippen molar-refractivity contribution in [2.45, 2.75) is 18.6 Å². The Morgan fingerprint density at radius 1 is 1.67 bits per heavy atom. The van der Waals surface area contributed by atoms with Gasteiger partial charge >= 0.3 is 6.09 Å². The molecule has 0 aromatic heterocycles. The first kappa shape index (κ1) is 7.61. The van der Waals surface area contributed by atoms with Gasteiger partial charge in [-0.3, -0.25) is 4.90 Å². The highest BCUT2D eigenvalue weighted by molar-refractivity contribution is 5.70. The van der Waals surface area contributed by atoms with Gasteiger partial charge in [0.1, 0.15) is 6.61 Å². The quantitative estimate of drug-likeness (QED) is 0.524. The van der Waals surface area contributed by atoms with Crippen LogP contribution in [-0.2, 0) is 4.74 Å². The van der Waals surface area contributed by atoms with E-state index in [0.717, 1.165) is 6.42 Å². The van der Waals surface area contributed by atoms with Crippen LogP contribution in [0.3, 0.4) is 0 Å². The summed E-state index contributed by atoms with van der Waals surface area (Å²) in [6.45, 7) is 0.960. The van der Waals surface area contributed by atoms with Gasteiger partial charge in [-0.2, -0.15) is 0 Å². The molecule has 1 saturated heterocycles. The molecule has 0 spiro atoms. The van der Waals surface area contributed by atoms with Gasteiger partial charge in [0.25, 0.3) is 0 Å². The fourth-order valence-electron chi connectivity index (χ4n) is 1.58. The Labute approximate surface area is 70.4 Å². The lowest BCUT2D eigenvalue weighted by atomic mass is 10.1. The third kappa shape index (κ3) is 1.08. The van der Waals surface area contributed by atoms with E-state index in [1.54, 1.807) is 11.0 Å². The normalized spacial score (nSPS) is 34.4. The molecule has 1 fully saturated rings. The zero-order valence-electron chi connectivity index (χ0n) is 6.64. The number of fused-ring (bicyclic) bond motifs is 1. The van der Waals surface area contributed by atoms with Crippen molar-refractivity contribution < 1.29 is 14.6 Å². The van der Waals surface area contributed by atoms with Crippen LogP contribution in [-0.4, -0.2) is 41.4 Å². The molecule has 0 saturated carbocycles. The molecule has 4 heteroatoms. The Hall–Kier alpha value is -1.03. The largest absolute Gasteiger partial charge is 0.447 e. The Balaban J connectivity index is 2.18. The average molecular weight is 169 g/mol. The van der Waals surface area contributed by atoms with Gasteiger partial charge in [0, 0.05) is 6.54 Å². The number of hydrogen-bond acceptors (Lipinski definition) is 3. The Bertz CT molecular complexity index is 226. The van der Waals surface area contributed by atoms with E-state index in [2.05, 4.69) is 0 Å². The predicted octanol–water partition coefficient (Wildman–Crippen LogP) is 0.128. The summed E-state index contributed by atoms with van der Waals surface area (Å²) in [5.74, 6) is 0. The zero-order valence-corrected chi connectivity index (χ0v) is 6.64. The molecule has 0 radical (unpaired) electrons. The number of rotatable bonds is 0. The first-order valence-corrected chi connectivity index (χ1v) is 4.07. The molecule has 12 heavy (non-hydrogen) atoms. The van der Waals surface area contributed by atoms with E-state index in [9.17, 15) is 9.90 Å². The number of aliphatic hydroxyl groups is 1. The second-order valence-electron chi connectivity index (χ2n) is 3.05. The first-order chi connectivity index (χ1) is 5.79. The molecule has 0 aromatic rings. The van der Waals surface area contributed by atoms with Gasteiger partial charge in [-0.15, -0.1) is 0 Å². The van der Waals surface area contributed by atoms with Gasteiger partial charge < -0.3 is 9.84 Å². The zero-order chi connectivity index (χ0) is 8.55. The molecule has 2 aliphatic heterocycles. The lowest BCUT2D eigenvalue weighted by molar-refractivity contribution is 0.126. The highest BCUT2D eigenvalue weighted by Crippen LogP contribution is 2.19. The minimum Gasteiger partial charge on any atom is -0.447 e. The SMILES string of the molecule is O=C1OC[C@H]2[C@H](O)C=CCCN12. The maximum atomic E-state index is 11.1. The smallest absolute Gasteiger partial charge is 0.410 e. The summed E-state index contributed by atoms with van der Waals surface area (Å²) in [4.78, 5) is 12.7. The predicted molar refractivity (Wildman–Crippen MR) is 41.6 cm³/mol. The number of aliphatic hydroxyl groups excluding tert-OH is 1. The number of ether oxygens (including phenoxy) is 1. The van der Waals surface area contributed by atoms with Crippen LogP contribution < -0.4 is 0 Å². The molecule has 0 aromatic carbocycles. The lowest BCUT2D eigenvalue weighted by Gasteiger charge is -2.20. The number of carbonyl (C=O) groups is 1. The summed E-state index contributed by atoms with van der Waals surface area (Å²) in [5, 5.41) is 9.52. The van der Waals surface area contributed by atoms with E-state index in [1.165, 1.54) is 0 Å². The molecular weight excluding hydrogens is 158 g/mol. The van der Waals surface area contributed by atoms with Crippen molar-refractivity contribution in [3.63, 3.8) is 0 Å². The van der Waals surface area contributed by atoms with Gasteiger partial charge in [0.2, 0.25) is 0 Å². The van der Waals surface area contributed by atoms with Crippen LogP contribution in [0, 0.1) is 0 Å². The van der Waals surface area contributed by atoms with E-state index in [0.29, 0.717) is 13.2 Å². The molecule has 0 bridgehead atoms. The van der Waals surface area contributed by atoms with Crippen LogP contribution in [0.2, 0.25) is 0 Å². The summed E-state index contributed by atoms with van der Waals surface area (Å²) in [7, 11) is 0. The number of amides is 1. The summed E-state index contributed by atoms with van der Waals surface area (Å²) in [6, 6.07) is -0.170. The third-order valence-electron chi connectivity index (χ3n) is 2.28. The van der Waals surface area contributed by atoms with Crippen LogP contribution >= 0.6 is 0 Å². The van der Waals surface area contributed by atoms with Gasteiger partial charge in [-0.05, 0) is 6.42 Å². The molecule has 2 atom stereocenters. The third-order valence-corrected chi connectivity index (χ3v) is 2.28. The Kier molecular flexibility index (Phi) is 1.77. The molecule has 2 aliphatic rings. The van der Waals surface area contributed by atoms with Gasteiger partial charge in [0.15, 0.2) is 0 Å². The van der Waals surface area contributed by atoms with Gasteiger partial charge in [0.05, 0.1) is 12.1 Å². The minimum atomic E-state index is -0.570. The maximum absolute atomic E-state index is 11.1. The summed E-state index contributed by atoms with van der Waals surface area (Å²) < 4.78 is 4.82. The Morgan fingerprint density at radius 3 is 3.33 bits per heavy atom. The molecule has 0 unspecified atom stereocenters. The van der Waals surface area contributed by atoms with Crippen molar-refractivity contribution in [1.82, 2.24) is 4.90 Å². The second-order valence-corrected chi connectivity index (χ2v) is 3.05. The van der Waals surface area contributed by atoms with Crippen molar-refractivity contribution in [1.29, 1.82) is 0 Å². The average Bonchev–Trinajstić information content (AvgIpc) is 2.30. The van der Waals surface area contributed by atoms with Crippen molar-refractivity contribution >= 4 is 6.09 Å². The van der Waals surface area contributed by atoms with E-state index in [4.69, 9.17) is 4.74 Å². The fraction of sp³-hybridized carbons (Fsp3) is 0.625.